The topological polar surface area (TPSA) is 88.2 Å². The largest absolute Gasteiger partial charge is 0.409 e. The van der Waals surface area contributed by atoms with Gasteiger partial charge in [0, 0.05) is 13.1 Å². The maximum Gasteiger partial charge on any atom is 0.233 e. The van der Waals surface area contributed by atoms with E-state index in [1.165, 1.54) is 0 Å². The first-order valence-corrected chi connectivity index (χ1v) is 5.27. The number of rotatable bonds is 2. The van der Waals surface area contributed by atoms with Crippen molar-refractivity contribution in [3.63, 3.8) is 0 Å². The molecule has 6 nitrogen and oxygen atoms in total. The second kappa shape index (κ2) is 4.69. The molecule has 1 aliphatic rings. The van der Waals surface area contributed by atoms with E-state index in [9.17, 15) is 4.79 Å². The number of ether oxygens (including phenoxy) is 1. The monoisotopic (exact) mass is 229 g/mol. The number of carbonyl (C=O) groups is 1. The maximum atomic E-state index is 12.0. The fourth-order valence-electron chi connectivity index (χ4n) is 1.69. The number of hydrogen-bond donors (Lipinski definition) is 2. The molecule has 1 atom stereocenters. The number of carbonyl (C=O) groups excluding carboxylic acids is 1. The molecule has 1 rings (SSSR count). The molecule has 0 aromatic rings. The number of hydrogen-bond acceptors (Lipinski definition) is 4. The molecule has 1 fully saturated rings. The van der Waals surface area contributed by atoms with Crippen molar-refractivity contribution in [2.75, 3.05) is 19.7 Å². The lowest BCUT2D eigenvalue weighted by atomic mass is 10.0. The Bertz CT molecular complexity index is 302. The van der Waals surface area contributed by atoms with Gasteiger partial charge in [0.05, 0.1) is 18.1 Å². The molecule has 0 aliphatic carbocycles. The molecule has 92 valence electrons. The highest BCUT2D eigenvalue weighted by atomic mass is 16.5. The Labute approximate surface area is 95.0 Å². The quantitative estimate of drug-likeness (QED) is 0.302. The van der Waals surface area contributed by atoms with Crippen LogP contribution in [0.2, 0.25) is 0 Å². The number of amides is 1. The zero-order chi connectivity index (χ0) is 12.3. The van der Waals surface area contributed by atoms with Crippen molar-refractivity contribution in [3.05, 3.63) is 0 Å². The number of nitrogens with two attached hydrogens (primary N) is 1. The SMILES string of the molecule is CC(C(=O)N1CCOC(C)(C)C1)C(N)=NO. The van der Waals surface area contributed by atoms with Crippen LogP contribution in [0.5, 0.6) is 0 Å². The zero-order valence-corrected chi connectivity index (χ0v) is 9.93. The van der Waals surface area contributed by atoms with Crippen molar-refractivity contribution in [1.29, 1.82) is 0 Å². The van der Waals surface area contributed by atoms with Gasteiger partial charge >= 0.3 is 0 Å². The minimum absolute atomic E-state index is 0.0608. The molecule has 3 N–H and O–H groups in total. The summed E-state index contributed by atoms with van der Waals surface area (Å²) in [5.41, 5.74) is 5.08. The average Bonchev–Trinajstić information content (AvgIpc) is 2.24. The van der Waals surface area contributed by atoms with E-state index in [4.69, 9.17) is 15.7 Å². The van der Waals surface area contributed by atoms with Gasteiger partial charge in [-0.05, 0) is 20.8 Å². The third kappa shape index (κ3) is 2.85. The molecule has 16 heavy (non-hydrogen) atoms. The summed E-state index contributed by atoms with van der Waals surface area (Å²) in [5, 5.41) is 11.4. The van der Waals surface area contributed by atoms with Crippen molar-refractivity contribution < 1.29 is 14.7 Å². The Hall–Kier alpha value is -1.30. The van der Waals surface area contributed by atoms with Gasteiger partial charge in [-0.1, -0.05) is 5.16 Å². The zero-order valence-electron chi connectivity index (χ0n) is 9.93. The minimum atomic E-state index is -0.598. The summed E-state index contributed by atoms with van der Waals surface area (Å²) in [6.45, 7) is 7.07. The second-order valence-electron chi connectivity index (χ2n) is 4.61. The summed E-state index contributed by atoms with van der Waals surface area (Å²) in [7, 11) is 0. The summed E-state index contributed by atoms with van der Waals surface area (Å²) < 4.78 is 5.51. The third-order valence-corrected chi connectivity index (χ3v) is 2.67. The van der Waals surface area contributed by atoms with Crippen LogP contribution in [0.3, 0.4) is 0 Å². The lowest BCUT2D eigenvalue weighted by molar-refractivity contribution is -0.147. The molecule has 1 amide bonds. The van der Waals surface area contributed by atoms with Gasteiger partial charge in [-0.2, -0.15) is 0 Å². The molecule has 1 unspecified atom stereocenters. The fourth-order valence-corrected chi connectivity index (χ4v) is 1.69. The highest BCUT2D eigenvalue weighted by molar-refractivity contribution is 6.01. The van der Waals surface area contributed by atoms with Crippen molar-refractivity contribution in [1.82, 2.24) is 4.90 Å². The van der Waals surface area contributed by atoms with Crippen LogP contribution in [-0.2, 0) is 9.53 Å². The van der Waals surface area contributed by atoms with E-state index < -0.39 is 5.92 Å². The summed E-state index contributed by atoms with van der Waals surface area (Å²) in [6, 6.07) is 0. The average molecular weight is 229 g/mol. The maximum absolute atomic E-state index is 12.0. The number of nitrogens with zero attached hydrogens (tertiary/aromatic N) is 2. The van der Waals surface area contributed by atoms with Gasteiger partial charge in [0.15, 0.2) is 5.84 Å². The van der Waals surface area contributed by atoms with E-state index in [1.54, 1.807) is 11.8 Å². The number of amidine groups is 1. The van der Waals surface area contributed by atoms with Crippen LogP contribution in [0.1, 0.15) is 20.8 Å². The Morgan fingerprint density at radius 3 is 2.75 bits per heavy atom. The Kier molecular flexibility index (Phi) is 3.74. The first-order chi connectivity index (χ1) is 7.37. The first kappa shape index (κ1) is 12.8. The molecule has 0 radical (unpaired) electrons. The van der Waals surface area contributed by atoms with E-state index >= 15 is 0 Å². The Morgan fingerprint density at radius 1 is 1.62 bits per heavy atom. The minimum Gasteiger partial charge on any atom is -0.409 e. The van der Waals surface area contributed by atoms with E-state index in [0.29, 0.717) is 19.7 Å². The predicted molar refractivity (Wildman–Crippen MR) is 59.2 cm³/mol. The van der Waals surface area contributed by atoms with Crippen LogP contribution in [0, 0.1) is 5.92 Å². The van der Waals surface area contributed by atoms with E-state index in [2.05, 4.69) is 5.16 Å². The molecule has 0 spiro atoms. The summed E-state index contributed by atoms with van der Waals surface area (Å²) >= 11 is 0. The van der Waals surface area contributed by atoms with Crippen LogP contribution in [-0.4, -0.2) is 47.1 Å². The second-order valence-corrected chi connectivity index (χ2v) is 4.61. The Morgan fingerprint density at radius 2 is 2.25 bits per heavy atom. The highest BCUT2D eigenvalue weighted by Gasteiger charge is 2.32. The van der Waals surface area contributed by atoms with Crippen LogP contribution in [0.15, 0.2) is 5.16 Å². The highest BCUT2D eigenvalue weighted by Crippen LogP contribution is 2.18. The summed E-state index contributed by atoms with van der Waals surface area (Å²) in [4.78, 5) is 13.7. The molecule has 0 saturated carbocycles. The van der Waals surface area contributed by atoms with Gasteiger partial charge in [0.2, 0.25) is 5.91 Å². The molecule has 0 aromatic carbocycles. The van der Waals surface area contributed by atoms with Crippen molar-refractivity contribution in [2.45, 2.75) is 26.4 Å². The molecule has 6 heteroatoms. The van der Waals surface area contributed by atoms with Crippen LogP contribution < -0.4 is 5.73 Å². The van der Waals surface area contributed by atoms with Crippen molar-refractivity contribution in [2.24, 2.45) is 16.8 Å². The molecular formula is C10H19N3O3. The normalized spacial score (nSPS) is 22.9. The van der Waals surface area contributed by atoms with E-state index in [1.807, 2.05) is 13.8 Å². The third-order valence-electron chi connectivity index (χ3n) is 2.67. The van der Waals surface area contributed by atoms with Gasteiger partial charge in [0.25, 0.3) is 0 Å². The summed E-state index contributed by atoms with van der Waals surface area (Å²) in [5.74, 6) is -0.792. The molecular weight excluding hydrogens is 210 g/mol. The van der Waals surface area contributed by atoms with Gasteiger partial charge in [0.1, 0.15) is 0 Å². The van der Waals surface area contributed by atoms with Gasteiger partial charge in [-0.3, -0.25) is 4.79 Å². The smallest absolute Gasteiger partial charge is 0.233 e. The van der Waals surface area contributed by atoms with Crippen LogP contribution in [0.25, 0.3) is 0 Å². The van der Waals surface area contributed by atoms with E-state index in [0.717, 1.165) is 0 Å². The molecule has 1 aliphatic heterocycles. The number of oxime groups is 1. The first-order valence-electron chi connectivity index (χ1n) is 5.27. The molecule has 1 saturated heterocycles. The van der Waals surface area contributed by atoms with Crippen LogP contribution in [0.4, 0.5) is 0 Å². The summed E-state index contributed by atoms with van der Waals surface area (Å²) in [6.07, 6.45) is 0. The standard InChI is InChI=1S/C10H19N3O3/c1-7(8(11)12-15)9(14)13-4-5-16-10(2,3)6-13/h7,15H,4-6H2,1-3H3,(H2,11,12). The molecule has 0 aromatic heterocycles. The van der Waals surface area contributed by atoms with Crippen molar-refractivity contribution in [3.8, 4) is 0 Å². The van der Waals surface area contributed by atoms with Gasteiger partial charge in [-0.25, -0.2) is 0 Å². The van der Waals surface area contributed by atoms with Gasteiger partial charge in [-0.15, -0.1) is 0 Å². The fraction of sp³-hybridized carbons (Fsp3) is 0.800. The lowest BCUT2D eigenvalue weighted by Gasteiger charge is -2.39. The molecule has 0 bridgehead atoms. The Balaban J connectivity index is 2.67. The van der Waals surface area contributed by atoms with E-state index in [-0.39, 0.29) is 17.3 Å². The number of morpholine rings is 1. The van der Waals surface area contributed by atoms with Crippen LogP contribution >= 0.6 is 0 Å². The predicted octanol–water partition coefficient (Wildman–Crippen LogP) is 0.00630. The lowest BCUT2D eigenvalue weighted by Crippen LogP contribution is -2.53. The molecule has 1 heterocycles. The van der Waals surface area contributed by atoms with Gasteiger partial charge < -0.3 is 20.6 Å². The van der Waals surface area contributed by atoms with Crippen molar-refractivity contribution >= 4 is 11.7 Å².